The van der Waals surface area contributed by atoms with Crippen molar-refractivity contribution < 1.29 is 10.0 Å². The van der Waals surface area contributed by atoms with E-state index in [2.05, 4.69) is 9.97 Å². The van der Waals surface area contributed by atoms with Gasteiger partial charge in [0.25, 0.3) is 0 Å². The Balaban J connectivity index is 3.19. The van der Waals surface area contributed by atoms with Crippen LogP contribution in [0, 0.1) is 10.1 Å². The second-order valence-electron chi connectivity index (χ2n) is 4.52. The number of nitro groups is 1. The molecule has 0 spiro atoms. The molecule has 0 aliphatic carbocycles. The third kappa shape index (κ3) is 3.52. The van der Waals surface area contributed by atoms with Crippen molar-refractivity contribution in [1.29, 1.82) is 0 Å². The minimum atomic E-state index is -0.996. The maximum Gasteiger partial charge on any atom is 0.329 e. The number of likely N-dealkylation sites (N-methyl/N-ethyl adjacent to an activating group) is 1. The molecule has 0 radical (unpaired) electrons. The molecular weight excluding hydrogens is 238 g/mol. The molecule has 3 N–H and O–H groups in total. The Hall–Kier alpha value is -1.96. The lowest BCUT2D eigenvalue weighted by atomic mass is 10.1. The fourth-order valence-corrected chi connectivity index (χ4v) is 1.54. The van der Waals surface area contributed by atoms with Crippen molar-refractivity contribution in [3.8, 4) is 0 Å². The molecule has 0 aromatic carbocycles. The van der Waals surface area contributed by atoms with Gasteiger partial charge in [-0.1, -0.05) is 0 Å². The van der Waals surface area contributed by atoms with E-state index in [0.29, 0.717) is 6.54 Å². The lowest BCUT2D eigenvalue weighted by Crippen LogP contribution is -2.39. The second kappa shape index (κ2) is 5.13. The first-order valence-corrected chi connectivity index (χ1v) is 5.49. The van der Waals surface area contributed by atoms with Crippen LogP contribution in [0.2, 0.25) is 0 Å². The fourth-order valence-electron chi connectivity index (χ4n) is 1.54. The molecule has 8 nitrogen and oxygen atoms in total. The van der Waals surface area contributed by atoms with Gasteiger partial charge in [-0.3, -0.25) is 10.1 Å². The van der Waals surface area contributed by atoms with Crippen LogP contribution in [-0.4, -0.2) is 38.7 Å². The van der Waals surface area contributed by atoms with Crippen molar-refractivity contribution in [3.05, 3.63) is 16.3 Å². The van der Waals surface area contributed by atoms with Gasteiger partial charge in [-0.15, -0.1) is 0 Å². The van der Waals surface area contributed by atoms with E-state index in [-0.39, 0.29) is 24.0 Å². The summed E-state index contributed by atoms with van der Waals surface area (Å²) in [5.41, 5.74) is 4.23. The quantitative estimate of drug-likeness (QED) is 0.583. The molecule has 0 fully saturated rings. The first-order chi connectivity index (χ1) is 8.24. The molecule has 0 bridgehead atoms. The summed E-state index contributed by atoms with van der Waals surface area (Å²) in [7, 11) is 0. The van der Waals surface area contributed by atoms with E-state index in [1.165, 1.54) is 0 Å². The van der Waals surface area contributed by atoms with Crippen LogP contribution in [0.5, 0.6) is 0 Å². The number of rotatable bonds is 5. The number of hydrogen-bond acceptors (Lipinski definition) is 7. The molecule has 1 heterocycles. The van der Waals surface area contributed by atoms with Crippen molar-refractivity contribution >= 4 is 17.5 Å². The maximum absolute atomic E-state index is 10.9. The Kier molecular flexibility index (Phi) is 4.02. The molecule has 8 heteroatoms. The molecule has 100 valence electrons. The van der Waals surface area contributed by atoms with Gasteiger partial charge >= 0.3 is 5.69 Å². The molecule has 1 rings (SSSR count). The Morgan fingerprint density at radius 1 is 1.61 bits per heavy atom. The number of hydrogen-bond donors (Lipinski definition) is 2. The number of nitrogen functional groups attached to an aromatic ring is 1. The zero-order valence-corrected chi connectivity index (χ0v) is 10.6. The number of anilines is 2. The van der Waals surface area contributed by atoms with Gasteiger partial charge < -0.3 is 15.7 Å². The van der Waals surface area contributed by atoms with Crippen LogP contribution in [-0.2, 0) is 0 Å². The third-order valence-electron chi connectivity index (χ3n) is 2.22. The predicted octanol–water partition coefficient (Wildman–Crippen LogP) is 0.564. The molecule has 0 amide bonds. The Bertz CT molecular complexity index is 444. The number of aromatic nitrogens is 2. The van der Waals surface area contributed by atoms with E-state index in [4.69, 9.17) is 5.73 Å². The topological polar surface area (TPSA) is 118 Å². The summed E-state index contributed by atoms with van der Waals surface area (Å²) in [5.74, 6) is 0.0851. The van der Waals surface area contributed by atoms with Crippen LogP contribution in [0.3, 0.4) is 0 Å². The highest BCUT2D eigenvalue weighted by molar-refractivity contribution is 5.58. The van der Waals surface area contributed by atoms with Crippen LogP contribution in [0.4, 0.5) is 17.5 Å². The summed E-state index contributed by atoms with van der Waals surface area (Å²) in [6, 6.07) is 0. The summed E-state index contributed by atoms with van der Waals surface area (Å²) in [4.78, 5) is 19.4. The van der Waals surface area contributed by atoms with Crippen molar-refractivity contribution in [3.63, 3.8) is 0 Å². The number of nitrogens with two attached hydrogens (primary N) is 1. The van der Waals surface area contributed by atoms with Gasteiger partial charge in [0.15, 0.2) is 0 Å². The molecule has 0 saturated carbocycles. The van der Waals surface area contributed by atoms with Crippen molar-refractivity contribution in [2.45, 2.75) is 26.4 Å². The van der Waals surface area contributed by atoms with Crippen LogP contribution < -0.4 is 10.6 Å². The van der Waals surface area contributed by atoms with Gasteiger partial charge in [-0.25, -0.2) is 4.98 Å². The van der Waals surface area contributed by atoms with Gasteiger partial charge in [0.1, 0.15) is 6.20 Å². The van der Waals surface area contributed by atoms with E-state index in [1.807, 2.05) is 6.92 Å². The number of aliphatic hydroxyl groups is 1. The summed E-state index contributed by atoms with van der Waals surface area (Å²) in [6.07, 6.45) is 1.07. The van der Waals surface area contributed by atoms with Gasteiger partial charge in [0.2, 0.25) is 11.8 Å². The summed E-state index contributed by atoms with van der Waals surface area (Å²) < 4.78 is 0. The summed E-state index contributed by atoms with van der Waals surface area (Å²) in [5, 5.41) is 20.7. The van der Waals surface area contributed by atoms with E-state index >= 15 is 0 Å². The van der Waals surface area contributed by atoms with Crippen molar-refractivity contribution in [2.24, 2.45) is 0 Å². The molecule has 18 heavy (non-hydrogen) atoms. The molecule has 0 aliphatic heterocycles. The average Bonchev–Trinajstić information content (AvgIpc) is 2.24. The second-order valence-corrected chi connectivity index (χ2v) is 4.52. The maximum atomic E-state index is 10.9. The van der Waals surface area contributed by atoms with Crippen molar-refractivity contribution in [1.82, 2.24) is 9.97 Å². The zero-order chi connectivity index (χ0) is 13.9. The molecule has 0 atom stereocenters. The van der Waals surface area contributed by atoms with E-state index in [1.54, 1.807) is 18.7 Å². The fraction of sp³-hybridized carbons (Fsp3) is 0.600. The summed E-state index contributed by atoms with van der Waals surface area (Å²) in [6.45, 7) is 5.72. The Labute approximate surface area is 105 Å². The highest BCUT2D eigenvalue weighted by atomic mass is 16.6. The van der Waals surface area contributed by atoms with Crippen LogP contribution in [0.15, 0.2) is 6.20 Å². The molecule has 0 saturated heterocycles. The van der Waals surface area contributed by atoms with E-state index < -0.39 is 10.5 Å². The Morgan fingerprint density at radius 2 is 2.22 bits per heavy atom. The SMILES string of the molecule is CCN(CC(C)(C)O)c1nc(N)ncc1[N+](=O)[O-]. The zero-order valence-electron chi connectivity index (χ0n) is 10.6. The van der Waals surface area contributed by atoms with E-state index in [9.17, 15) is 15.2 Å². The first-order valence-electron chi connectivity index (χ1n) is 5.49. The predicted molar refractivity (Wildman–Crippen MR) is 67.3 cm³/mol. The largest absolute Gasteiger partial charge is 0.389 e. The normalized spacial score (nSPS) is 11.3. The minimum absolute atomic E-state index is 0.0372. The summed E-state index contributed by atoms with van der Waals surface area (Å²) >= 11 is 0. The van der Waals surface area contributed by atoms with Gasteiger partial charge in [0.05, 0.1) is 10.5 Å². The molecule has 1 aromatic rings. The highest BCUT2D eigenvalue weighted by Crippen LogP contribution is 2.26. The smallest absolute Gasteiger partial charge is 0.329 e. The van der Waals surface area contributed by atoms with Crippen molar-refractivity contribution in [2.75, 3.05) is 23.7 Å². The van der Waals surface area contributed by atoms with Crippen LogP contribution in [0.25, 0.3) is 0 Å². The van der Waals surface area contributed by atoms with Gasteiger partial charge in [-0.2, -0.15) is 4.98 Å². The molecule has 0 aliphatic rings. The standard InChI is InChI=1S/C10H17N5O3/c1-4-14(6-10(2,3)16)8-7(15(17)18)5-12-9(11)13-8/h5,16H,4,6H2,1-3H3,(H2,11,12,13). The lowest BCUT2D eigenvalue weighted by molar-refractivity contribution is -0.384. The molecular formula is C10H17N5O3. The van der Waals surface area contributed by atoms with Crippen LogP contribution in [0.1, 0.15) is 20.8 Å². The molecule has 1 aromatic heterocycles. The van der Waals surface area contributed by atoms with Crippen LogP contribution >= 0.6 is 0 Å². The van der Waals surface area contributed by atoms with E-state index in [0.717, 1.165) is 6.20 Å². The van der Waals surface area contributed by atoms with Gasteiger partial charge in [0, 0.05) is 13.1 Å². The van der Waals surface area contributed by atoms with Gasteiger partial charge in [-0.05, 0) is 20.8 Å². The minimum Gasteiger partial charge on any atom is -0.389 e. The molecule has 0 unspecified atom stereocenters. The Morgan fingerprint density at radius 3 is 2.67 bits per heavy atom. The lowest BCUT2D eigenvalue weighted by Gasteiger charge is -2.28. The first kappa shape index (κ1) is 14.1. The monoisotopic (exact) mass is 255 g/mol. The number of nitrogens with zero attached hydrogens (tertiary/aromatic N) is 4. The third-order valence-corrected chi connectivity index (χ3v) is 2.22. The highest BCUT2D eigenvalue weighted by Gasteiger charge is 2.25. The average molecular weight is 255 g/mol.